The van der Waals surface area contributed by atoms with Gasteiger partial charge in [0.2, 0.25) is 12.7 Å². The summed E-state index contributed by atoms with van der Waals surface area (Å²) in [7, 11) is 0. The molecule has 0 unspecified atom stereocenters. The van der Waals surface area contributed by atoms with Crippen molar-refractivity contribution in [2.24, 2.45) is 5.10 Å². The molecule has 2 heterocycles. The fourth-order valence-electron chi connectivity index (χ4n) is 2.66. The van der Waals surface area contributed by atoms with E-state index in [-0.39, 0.29) is 30.4 Å². The smallest absolute Gasteiger partial charge is 0.438 e. The molecular weight excluding hydrogens is 329 g/mol. The van der Waals surface area contributed by atoms with Crippen LogP contribution in [0.4, 0.5) is 13.2 Å². The number of benzene rings is 1. The first-order chi connectivity index (χ1) is 11.2. The second-order valence-electron chi connectivity index (χ2n) is 5.72. The van der Waals surface area contributed by atoms with Crippen molar-refractivity contribution in [2.45, 2.75) is 38.1 Å². The minimum atomic E-state index is -4.98. The van der Waals surface area contributed by atoms with Gasteiger partial charge < -0.3 is 14.6 Å². The average Bonchev–Trinajstić information content (AvgIpc) is 3.08. The van der Waals surface area contributed by atoms with Gasteiger partial charge in [-0.15, -0.1) is 0 Å². The lowest BCUT2D eigenvalue weighted by molar-refractivity contribution is -0.302. The molecule has 24 heavy (non-hydrogen) atoms. The van der Waals surface area contributed by atoms with Crippen molar-refractivity contribution in [3.05, 3.63) is 23.8 Å². The molecule has 9 heteroatoms. The number of hydrogen-bond acceptors (Lipinski definition) is 5. The molecule has 0 bridgehead atoms. The molecule has 0 aromatic heterocycles. The molecule has 2 aliphatic rings. The zero-order chi connectivity index (χ0) is 17.5. The van der Waals surface area contributed by atoms with Gasteiger partial charge in [-0.05, 0) is 31.0 Å². The Labute approximate surface area is 135 Å². The topological polar surface area (TPSA) is 71.4 Å². The van der Waals surface area contributed by atoms with E-state index in [1.165, 1.54) is 6.92 Å². The van der Waals surface area contributed by atoms with Crippen molar-refractivity contribution in [3.8, 4) is 11.5 Å². The third kappa shape index (κ3) is 2.79. The van der Waals surface area contributed by atoms with Crippen molar-refractivity contribution >= 4 is 11.6 Å². The Balaban J connectivity index is 1.70. The Morgan fingerprint density at radius 1 is 1.38 bits per heavy atom. The largest absolute Gasteiger partial charge is 0.454 e. The van der Waals surface area contributed by atoms with E-state index < -0.39 is 24.2 Å². The molecule has 0 saturated carbocycles. The maximum atomic E-state index is 13.1. The van der Waals surface area contributed by atoms with Crippen molar-refractivity contribution in [3.63, 3.8) is 0 Å². The highest BCUT2D eigenvalue weighted by Crippen LogP contribution is 2.40. The molecule has 3 rings (SSSR count). The Bertz CT molecular complexity index is 704. The number of alkyl halides is 3. The fourth-order valence-corrected chi connectivity index (χ4v) is 2.66. The minimum absolute atomic E-state index is 0.0475. The van der Waals surface area contributed by atoms with Crippen LogP contribution < -0.4 is 9.47 Å². The van der Waals surface area contributed by atoms with E-state index in [9.17, 15) is 23.1 Å². The van der Waals surface area contributed by atoms with Gasteiger partial charge in [-0.2, -0.15) is 23.3 Å². The van der Waals surface area contributed by atoms with Gasteiger partial charge in [0.25, 0.3) is 5.72 Å². The zero-order valence-corrected chi connectivity index (χ0v) is 12.8. The quantitative estimate of drug-likeness (QED) is 0.913. The van der Waals surface area contributed by atoms with Gasteiger partial charge in [0.1, 0.15) is 0 Å². The molecule has 0 fully saturated rings. The fraction of sp³-hybridized carbons (Fsp3) is 0.467. The van der Waals surface area contributed by atoms with Crippen LogP contribution in [0.15, 0.2) is 23.3 Å². The normalized spacial score (nSPS) is 22.7. The van der Waals surface area contributed by atoms with Gasteiger partial charge in [-0.25, -0.2) is 0 Å². The van der Waals surface area contributed by atoms with E-state index in [1.54, 1.807) is 18.2 Å². The molecule has 1 amide bonds. The lowest BCUT2D eigenvalue weighted by atomic mass is 10.1. The number of aliphatic hydroxyl groups is 1. The van der Waals surface area contributed by atoms with Gasteiger partial charge in [-0.3, -0.25) is 4.79 Å². The number of aryl methyl sites for hydroxylation is 1. The van der Waals surface area contributed by atoms with E-state index in [0.717, 1.165) is 0 Å². The van der Waals surface area contributed by atoms with Crippen molar-refractivity contribution < 1.29 is 32.5 Å². The van der Waals surface area contributed by atoms with E-state index in [0.29, 0.717) is 17.1 Å². The summed E-state index contributed by atoms with van der Waals surface area (Å²) in [5, 5.41) is 13.6. The second kappa shape index (κ2) is 5.66. The number of fused-ring (bicyclic) bond motifs is 1. The summed E-state index contributed by atoms with van der Waals surface area (Å²) < 4.78 is 49.7. The highest BCUT2D eigenvalue weighted by Gasteiger charge is 2.62. The lowest BCUT2D eigenvalue weighted by Gasteiger charge is -2.32. The number of carbonyl (C=O) groups is 1. The molecule has 1 aromatic rings. The number of hydrogen-bond donors (Lipinski definition) is 1. The van der Waals surface area contributed by atoms with Crippen LogP contribution in [0.3, 0.4) is 0 Å². The third-order valence-electron chi connectivity index (χ3n) is 3.88. The van der Waals surface area contributed by atoms with Gasteiger partial charge >= 0.3 is 6.18 Å². The maximum Gasteiger partial charge on any atom is 0.438 e. The molecule has 0 saturated heterocycles. The predicted octanol–water partition coefficient (Wildman–Crippen LogP) is 2.21. The van der Waals surface area contributed by atoms with Crippen LogP contribution in [-0.4, -0.2) is 40.4 Å². The first-order valence-corrected chi connectivity index (χ1v) is 7.25. The van der Waals surface area contributed by atoms with Crippen LogP contribution in [0.1, 0.15) is 25.3 Å². The number of rotatable bonds is 3. The number of nitrogens with zero attached hydrogens (tertiary/aromatic N) is 2. The molecule has 1 N–H and O–H groups in total. The molecule has 0 spiro atoms. The van der Waals surface area contributed by atoms with Crippen molar-refractivity contribution in [2.75, 3.05) is 6.79 Å². The Hall–Kier alpha value is -2.29. The first-order valence-electron chi connectivity index (χ1n) is 7.25. The monoisotopic (exact) mass is 344 g/mol. The zero-order valence-electron chi connectivity index (χ0n) is 12.8. The number of carbonyl (C=O) groups excluding carboxylic acids is 1. The summed E-state index contributed by atoms with van der Waals surface area (Å²) >= 11 is 0. The van der Waals surface area contributed by atoms with Crippen LogP contribution in [0.2, 0.25) is 0 Å². The number of ether oxygens (including phenoxy) is 2. The minimum Gasteiger partial charge on any atom is -0.454 e. The molecule has 130 valence electrons. The van der Waals surface area contributed by atoms with E-state index in [1.807, 2.05) is 0 Å². The highest BCUT2D eigenvalue weighted by molar-refractivity contribution is 5.89. The average molecular weight is 344 g/mol. The lowest BCUT2D eigenvalue weighted by Crippen LogP contribution is -2.56. The summed E-state index contributed by atoms with van der Waals surface area (Å²) in [4.78, 5) is 12.2. The van der Waals surface area contributed by atoms with Gasteiger partial charge in [0.05, 0.1) is 0 Å². The Morgan fingerprint density at radius 2 is 2.08 bits per heavy atom. The van der Waals surface area contributed by atoms with Gasteiger partial charge in [-0.1, -0.05) is 6.07 Å². The summed E-state index contributed by atoms with van der Waals surface area (Å²) in [6, 6.07) is 5.05. The number of amides is 1. The summed E-state index contributed by atoms with van der Waals surface area (Å²) in [5.41, 5.74) is -2.52. The SMILES string of the molecule is CC1=NN(C(=O)CCc2ccc3c(c2)OCO3)[C@@](O)(C(F)(F)F)C1. The molecule has 1 aromatic carbocycles. The van der Waals surface area contributed by atoms with Crippen LogP contribution >= 0.6 is 0 Å². The molecule has 6 nitrogen and oxygen atoms in total. The molecule has 1 atom stereocenters. The van der Waals surface area contributed by atoms with Crippen LogP contribution in [-0.2, 0) is 11.2 Å². The van der Waals surface area contributed by atoms with Gasteiger partial charge in [0, 0.05) is 18.6 Å². The van der Waals surface area contributed by atoms with Crippen molar-refractivity contribution in [1.29, 1.82) is 0 Å². The molecule has 2 aliphatic heterocycles. The van der Waals surface area contributed by atoms with E-state index >= 15 is 0 Å². The number of hydrazone groups is 1. The summed E-state index contributed by atoms with van der Waals surface area (Å²) in [5.74, 6) is 0.211. The maximum absolute atomic E-state index is 13.1. The van der Waals surface area contributed by atoms with Crippen LogP contribution in [0.5, 0.6) is 11.5 Å². The molecule has 0 radical (unpaired) electrons. The molecular formula is C15H15F3N2O4. The standard InChI is InChI=1S/C15H15F3N2O4/c1-9-7-14(22,15(16,17)18)20(19-9)13(21)5-3-10-2-4-11-12(6-10)24-8-23-11/h2,4,6,22H,3,5,7-8H2,1H3/t14-/m0/s1. The highest BCUT2D eigenvalue weighted by atomic mass is 19.4. The van der Waals surface area contributed by atoms with E-state index in [2.05, 4.69) is 5.10 Å². The summed E-state index contributed by atoms with van der Waals surface area (Å²) in [6.45, 7) is 1.44. The second-order valence-corrected chi connectivity index (χ2v) is 5.72. The van der Waals surface area contributed by atoms with Crippen molar-refractivity contribution in [1.82, 2.24) is 5.01 Å². The van der Waals surface area contributed by atoms with Crippen LogP contribution in [0, 0.1) is 0 Å². The first kappa shape index (κ1) is 16.6. The van der Waals surface area contributed by atoms with E-state index in [4.69, 9.17) is 9.47 Å². The van der Waals surface area contributed by atoms with Crippen LogP contribution in [0.25, 0.3) is 0 Å². The number of halogens is 3. The Kier molecular flexibility index (Phi) is 3.90. The summed E-state index contributed by atoms with van der Waals surface area (Å²) in [6.07, 6.45) is -5.77. The van der Waals surface area contributed by atoms with Gasteiger partial charge in [0.15, 0.2) is 11.5 Å². The predicted molar refractivity (Wildman–Crippen MR) is 76.5 cm³/mol. The Morgan fingerprint density at radius 3 is 2.79 bits per heavy atom. The third-order valence-corrected chi connectivity index (χ3v) is 3.88. The molecule has 0 aliphatic carbocycles.